The van der Waals surface area contributed by atoms with Crippen LogP contribution in [0.1, 0.15) is 28.8 Å². The zero-order valence-electron chi connectivity index (χ0n) is 12.3. The minimum Gasteiger partial charge on any atom is -0.319 e. The predicted octanol–water partition coefficient (Wildman–Crippen LogP) is 3.69. The topological polar surface area (TPSA) is 49.4 Å². The van der Waals surface area contributed by atoms with Crippen molar-refractivity contribution >= 4 is 34.9 Å². The van der Waals surface area contributed by atoms with E-state index >= 15 is 0 Å². The maximum atomic E-state index is 13.0. The number of hydrogen-bond donors (Lipinski definition) is 1. The van der Waals surface area contributed by atoms with Gasteiger partial charge in [0.1, 0.15) is 5.54 Å². The van der Waals surface area contributed by atoms with Gasteiger partial charge in [-0.3, -0.25) is 9.69 Å². The molecule has 1 saturated heterocycles. The molecule has 2 aromatic rings. The summed E-state index contributed by atoms with van der Waals surface area (Å²) in [6.45, 7) is 0.267. The summed E-state index contributed by atoms with van der Waals surface area (Å²) in [5.41, 5.74) is 0.999. The average molecular weight is 347 g/mol. The van der Waals surface area contributed by atoms with Gasteiger partial charge in [0.05, 0.1) is 6.54 Å². The van der Waals surface area contributed by atoms with Crippen LogP contribution in [0, 0.1) is 0 Å². The number of hydrogen-bond acceptors (Lipinski definition) is 3. The summed E-state index contributed by atoms with van der Waals surface area (Å²) in [7, 11) is 0. The number of imide groups is 1. The van der Waals surface area contributed by atoms with Crippen LogP contribution < -0.4 is 5.32 Å². The first-order valence-corrected chi connectivity index (χ1v) is 8.81. The molecule has 6 heteroatoms. The molecule has 0 bridgehead atoms. The second-order valence-corrected chi connectivity index (χ2v) is 7.40. The third-order valence-corrected chi connectivity index (χ3v) is 5.82. The second-order valence-electron chi connectivity index (χ2n) is 5.96. The van der Waals surface area contributed by atoms with Crippen molar-refractivity contribution in [2.24, 2.45) is 0 Å². The molecule has 0 unspecified atom stereocenters. The number of nitrogens with zero attached hydrogens (tertiary/aromatic N) is 1. The van der Waals surface area contributed by atoms with E-state index in [1.165, 1.54) is 9.78 Å². The number of carbonyl (C=O) groups excluding carboxylic acids is 2. The highest BCUT2D eigenvalue weighted by Crippen LogP contribution is 2.42. The molecule has 4 rings (SSSR count). The summed E-state index contributed by atoms with van der Waals surface area (Å²) >= 11 is 7.55. The zero-order valence-corrected chi connectivity index (χ0v) is 13.9. The zero-order chi connectivity index (χ0) is 16.0. The Hall–Kier alpha value is -1.85. The molecule has 1 aliphatic heterocycles. The molecule has 23 heavy (non-hydrogen) atoms. The van der Waals surface area contributed by atoms with E-state index in [9.17, 15) is 9.59 Å². The summed E-state index contributed by atoms with van der Waals surface area (Å²) in [4.78, 5) is 28.0. The van der Waals surface area contributed by atoms with Gasteiger partial charge < -0.3 is 5.32 Å². The third-order valence-electron chi connectivity index (χ3n) is 4.59. The second kappa shape index (κ2) is 5.35. The summed E-state index contributed by atoms with van der Waals surface area (Å²) in [6, 6.07) is 8.87. The fourth-order valence-electron chi connectivity index (χ4n) is 3.46. The standard InChI is InChI=1S/C17H15ClN2O2S/c18-12-5-3-11(4-6-12)10-20-15(21)17(19-16(20)22)8-1-2-14-13(17)7-9-23-14/h3-7,9H,1-2,8,10H2,(H,19,22)/t17-/m0/s1. The number of rotatable bonds is 2. The number of amides is 3. The van der Waals surface area contributed by atoms with Gasteiger partial charge in [-0.25, -0.2) is 4.79 Å². The highest BCUT2D eigenvalue weighted by Gasteiger charge is 2.54. The number of aryl methyl sites for hydroxylation is 1. The van der Waals surface area contributed by atoms with Crippen LogP contribution in [0.2, 0.25) is 5.02 Å². The minimum absolute atomic E-state index is 0.142. The van der Waals surface area contributed by atoms with Crippen molar-refractivity contribution in [3.05, 3.63) is 56.7 Å². The highest BCUT2D eigenvalue weighted by atomic mass is 35.5. The van der Waals surface area contributed by atoms with Gasteiger partial charge >= 0.3 is 6.03 Å². The van der Waals surface area contributed by atoms with Crippen LogP contribution in [-0.4, -0.2) is 16.8 Å². The van der Waals surface area contributed by atoms with Crippen molar-refractivity contribution in [3.8, 4) is 0 Å². The van der Waals surface area contributed by atoms with Gasteiger partial charge in [0.15, 0.2) is 0 Å². The molecule has 0 saturated carbocycles. The van der Waals surface area contributed by atoms with Gasteiger partial charge in [0.2, 0.25) is 0 Å². The summed E-state index contributed by atoms with van der Waals surface area (Å²) in [5.74, 6) is -0.142. The van der Waals surface area contributed by atoms with E-state index < -0.39 is 5.54 Å². The Kier molecular flexibility index (Phi) is 3.43. The Bertz CT molecular complexity index is 786. The molecule has 1 atom stereocenters. The third kappa shape index (κ3) is 2.26. The quantitative estimate of drug-likeness (QED) is 0.843. The maximum absolute atomic E-state index is 13.0. The smallest absolute Gasteiger partial charge is 0.319 e. The van der Waals surface area contributed by atoms with Crippen LogP contribution in [0.4, 0.5) is 4.79 Å². The van der Waals surface area contributed by atoms with Crippen molar-refractivity contribution in [1.29, 1.82) is 0 Å². The van der Waals surface area contributed by atoms with Gasteiger partial charge in [-0.1, -0.05) is 23.7 Å². The lowest BCUT2D eigenvalue weighted by atomic mass is 9.80. The molecule has 1 N–H and O–H groups in total. The summed E-state index contributed by atoms with van der Waals surface area (Å²) in [6.07, 6.45) is 2.56. The Morgan fingerprint density at radius 2 is 2.00 bits per heavy atom. The SMILES string of the molecule is O=C1N[C@]2(CCCc3sccc32)C(=O)N1Cc1ccc(Cl)cc1. The molecule has 1 spiro atoms. The number of halogens is 1. The van der Waals surface area contributed by atoms with E-state index in [1.54, 1.807) is 23.5 Å². The first-order chi connectivity index (χ1) is 11.1. The Labute approximate surface area is 143 Å². The number of benzene rings is 1. The lowest BCUT2D eigenvalue weighted by molar-refractivity contribution is -0.132. The van der Waals surface area contributed by atoms with Gasteiger partial charge in [-0.2, -0.15) is 0 Å². The van der Waals surface area contributed by atoms with E-state index in [0.29, 0.717) is 11.4 Å². The average Bonchev–Trinajstić information content (AvgIpc) is 3.10. The van der Waals surface area contributed by atoms with Crippen molar-refractivity contribution in [1.82, 2.24) is 10.2 Å². The molecule has 1 fully saturated rings. The van der Waals surface area contributed by atoms with E-state index in [1.807, 2.05) is 23.6 Å². The van der Waals surface area contributed by atoms with Crippen LogP contribution in [0.25, 0.3) is 0 Å². The molecule has 1 aromatic carbocycles. The lowest BCUT2D eigenvalue weighted by Gasteiger charge is -2.31. The van der Waals surface area contributed by atoms with Gasteiger partial charge in [0, 0.05) is 15.5 Å². The van der Waals surface area contributed by atoms with E-state index in [2.05, 4.69) is 5.32 Å². The fourth-order valence-corrected chi connectivity index (χ4v) is 4.58. The van der Waals surface area contributed by atoms with Crippen LogP contribution in [0.3, 0.4) is 0 Å². The highest BCUT2D eigenvalue weighted by molar-refractivity contribution is 7.10. The summed E-state index contributed by atoms with van der Waals surface area (Å²) < 4.78 is 0. The fraction of sp³-hybridized carbons (Fsp3) is 0.294. The van der Waals surface area contributed by atoms with Gasteiger partial charge in [0.25, 0.3) is 5.91 Å². The molecule has 2 aliphatic rings. The Balaban J connectivity index is 1.66. The van der Waals surface area contributed by atoms with Gasteiger partial charge in [-0.05, 0) is 48.4 Å². The molecule has 1 aromatic heterocycles. The molecular formula is C17H15ClN2O2S. The van der Waals surface area contributed by atoms with E-state index in [4.69, 9.17) is 11.6 Å². The number of thiophene rings is 1. The number of urea groups is 1. The summed E-state index contributed by atoms with van der Waals surface area (Å²) in [5, 5.41) is 5.60. The molecule has 0 radical (unpaired) electrons. The Morgan fingerprint density at radius 3 is 2.78 bits per heavy atom. The predicted molar refractivity (Wildman–Crippen MR) is 89.5 cm³/mol. The number of fused-ring (bicyclic) bond motifs is 2. The monoisotopic (exact) mass is 346 g/mol. The number of nitrogens with one attached hydrogen (secondary N) is 1. The minimum atomic E-state index is -0.864. The first kappa shape index (κ1) is 14.7. The maximum Gasteiger partial charge on any atom is 0.325 e. The van der Waals surface area contributed by atoms with Gasteiger partial charge in [-0.15, -0.1) is 11.3 Å². The van der Waals surface area contributed by atoms with E-state index in [0.717, 1.165) is 24.0 Å². The van der Waals surface area contributed by atoms with Crippen LogP contribution in [0.5, 0.6) is 0 Å². The van der Waals surface area contributed by atoms with Crippen molar-refractivity contribution in [2.75, 3.05) is 0 Å². The van der Waals surface area contributed by atoms with Crippen molar-refractivity contribution in [3.63, 3.8) is 0 Å². The van der Waals surface area contributed by atoms with Crippen molar-refractivity contribution < 1.29 is 9.59 Å². The van der Waals surface area contributed by atoms with Crippen molar-refractivity contribution in [2.45, 2.75) is 31.3 Å². The van der Waals surface area contributed by atoms with Crippen LogP contribution in [-0.2, 0) is 23.3 Å². The van der Waals surface area contributed by atoms with E-state index in [-0.39, 0.29) is 18.5 Å². The van der Waals surface area contributed by atoms with Crippen LogP contribution in [0.15, 0.2) is 35.7 Å². The molecule has 4 nitrogen and oxygen atoms in total. The number of carbonyl (C=O) groups is 2. The molecule has 3 amide bonds. The lowest BCUT2D eigenvalue weighted by Crippen LogP contribution is -2.46. The van der Waals surface area contributed by atoms with Crippen LogP contribution >= 0.6 is 22.9 Å². The largest absolute Gasteiger partial charge is 0.325 e. The molecular weight excluding hydrogens is 332 g/mol. The molecule has 2 heterocycles. The molecule has 118 valence electrons. The first-order valence-electron chi connectivity index (χ1n) is 7.55. The Morgan fingerprint density at radius 1 is 1.22 bits per heavy atom. The normalized spacial score (nSPS) is 23.3. The molecule has 1 aliphatic carbocycles.